The number of ether oxygens (including phenoxy) is 1. The van der Waals surface area contributed by atoms with Gasteiger partial charge in [-0.25, -0.2) is 14.8 Å². The Bertz CT molecular complexity index is 1010. The number of amides is 1. The van der Waals surface area contributed by atoms with Crippen LogP contribution < -0.4 is 9.80 Å². The molecule has 1 unspecified atom stereocenters. The number of rotatable bonds is 6. The van der Waals surface area contributed by atoms with Crippen molar-refractivity contribution < 1.29 is 32.2 Å². The number of nitrogens with zero attached hydrogens (tertiary/aromatic N) is 4. The van der Waals surface area contributed by atoms with Crippen molar-refractivity contribution in [3.63, 3.8) is 0 Å². The standard InChI is InChI=1S/C23H31F3N4O4S/c1-14-15(2)33-20(27-14)12-18(31)17-10-16(29-6-8-35-9-7-29)11-19(28-17)30(13-23(24,25)26)21(32)34-22(3,4)5/h10-11,18,31H,6-9,12-13H2,1-5H3. The predicted octanol–water partition coefficient (Wildman–Crippen LogP) is 4.82. The maximum absolute atomic E-state index is 13.5. The van der Waals surface area contributed by atoms with E-state index in [1.165, 1.54) is 6.07 Å². The molecule has 35 heavy (non-hydrogen) atoms. The van der Waals surface area contributed by atoms with Gasteiger partial charge in [0, 0.05) is 36.3 Å². The van der Waals surface area contributed by atoms with Crippen molar-refractivity contribution >= 4 is 29.4 Å². The summed E-state index contributed by atoms with van der Waals surface area (Å²) in [5, 5.41) is 10.9. The first kappa shape index (κ1) is 27.1. The first-order chi connectivity index (χ1) is 16.2. The Labute approximate surface area is 206 Å². The molecule has 194 valence electrons. The topological polar surface area (TPSA) is 91.9 Å². The number of carbonyl (C=O) groups is 1. The van der Waals surface area contributed by atoms with Gasteiger partial charge in [-0.15, -0.1) is 0 Å². The van der Waals surface area contributed by atoms with Gasteiger partial charge in [-0.05, 0) is 40.7 Å². The summed E-state index contributed by atoms with van der Waals surface area (Å²) in [6.45, 7) is 8.00. The molecule has 2 aromatic rings. The molecule has 3 heterocycles. The second kappa shape index (κ2) is 10.7. The number of aliphatic hydroxyl groups excluding tert-OH is 1. The average Bonchev–Trinajstić information content (AvgIpc) is 3.07. The molecule has 0 aliphatic carbocycles. The summed E-state index contributed by atoms with van der Waals surface area (Å²) in [7, 11) is 0. The van der Waals surface area contributed by atoms with Gasteiger partial charge in [0.15, 0.2) is 5.89 Å². The Kier molecular flexibility index (Phi) is 8.25. The van der Waals surface area contributed by atoms with Gasteiger partial charge in [0.25, 0.3) is 0 Å². The molecule has 1 fully saturated rings. The molecule has 1 aliphatic rings. The fourth-order valence-corrected chi connectivity index (χ4v) is 4.37. The van der Waals surface area contributed by atoms with E-state index in [4.69, 9.17) is 9.15 Å². The molecular formula is C23H31F3N4O4S. The fraction of sp³-hybridized carbons (Fsp3) is 0.609. The molecule has 12 heteroatoms. The van der Waals surface area contributed by atoms with Crippen molar-refractivity contribution in [2.24, 2.45) is 0 Å². The second-order valence-corrected chi connectivity index (χ2v) is 10.6. The average molecular weight is 517 g/mol. The number of hydrogen-bond donors (Lipinski definition) is 1. The van der Waals surface area contributed by atoms with Crippen molar-refractivity contribution in [3.8, 4) is 0 Å². The lowest BCUT2D eigenvalue weighted by Gasteiger charge is -2.31. The predicted molar refractivity (Wildman–Crippen MR) is 128 cm³/mol. The van der Waals surface area contributed by atoms with Crippen LogP contribution in [-0.2, 0) is 11.2 Å². The number of oxazole rings is 1. The van der Waals surface area contributed by atoms with E-state index in [1.54, 1.807) is 52.4 Å². The smallest absolute Gasteiger partial charge is 0.416 e. The minimum atomic E-state index is -4.69. The Hall–Kier alpha value is -2.47. The van der Waals surface area contributed by atoms with E-state index in [0.717, 1.165) is 11.5 Å². The summed E-state index contributed by atoms with van der Waals surface area (Å²) in [6.07, 6.45) is -7.10. The van der Waals surface area contributed by atoms with Crippen molar-refractivity contribution in [1.29, 1.82) is 0 Å². The van der Waals surface area contributed by atoms with Crippen LogP contribution in [0.3, 0.4) is 0 Å². The fourth-order valence-electron chi connectivity index (χ4n) is 3.47. The van der Waals surface area contributed by atoms with Crippen LogP contribution in [0.2, 0.25) is 0 Å². The molecule has 1 N–H and O–H groups in total. The van der Waals surface area contributed by atoms with Gasteiger partial charge >= 0.3 is 12.3 Å². The second-order valence-electron chi connectivity index (χ2n) is 9.36. The minimum absolute atomic E-state index is 0.0217. The highest BCUT2D eigenvalue weighted by Gasteiger charge is 2.37. The number of alkyl halides is 3. The first-order valence-corrected chi connectivity index (χ1v) is 12.4. The Balaban J connectivity index is 2.03. The van der Waals surface area contributed by atoms with Crippen LogP contribution >= 0.6 is 11.8 Å². The zero-order valence-electron chi connectivity index (χ0n) is 20.5. The summed E-state index contributed by atoms with van der Waals surface area (Å²) in [4.78, 5) is 23.8. The van der Waals surface area contributed by atoms with E-state index < -0.39 is 30.5 Å². The van der Waals surface area contributed by atoms with E-state index in [2.05, 4.69) is 9.97 Å². The summed E-state index contributed by atoms with van der Waals surface area (Å²) in [5.74, 6) is 2.35. The molecule has 1 atom stereocenters. The van der Waals surface area contributed by atoms with Crippen LogP contribution in [0.4, 0.5) is 29.5 Å². The van der Waals surface area contributed by atoms with Crippen LogP contribution in [0.1, 0.15) is 49.9 Å². The van der Waals surface area contributed by atoms with Gasteiger partial charge in [0.05, 0.1) is 17.8 Å². The first-order valence-electron chi connectivity index (χ1n) is 11.2. The summed E-state index contributed by atoms with van der Waals surface area (Å²) < 4.78 is 51.2. The Morgan fingerprint density at radius 3 is 2.43 bits per heavy atom. The zero-order chi connectivity index (χ0) is 26.0. The van der Waals surface area contributed by atoms with Crippen molar-refractivity contribution in [2.75, 3.05) is 40.9 Å². The van der Waals surface area contributed by atoms with Crippen LogP contribution in [0.15, 0.2) is 16.5 Å². The van der Waals surface area contributed by atoms with E-state index in [0.29, 0.717) is 35.1 Å². The van der Waals surface area contributed by atoms with E-state index in [9.17, 15) is 23.1 Å². The van der Waals surface area contributed by atoms with Crippen LogP contribution in [0.5, 0.6) is 0 Å². The van der Waals surface area contributed by atoms with Crippen molar-refractivity contribution in [3.05, 3.63) is 35.2 Å². The minimum Gasteiger partial charge on any atom is -0.446 e. The van der Waals surface area contributed by atoms with E-state index in [1.807, 2.05) is 4.90 Å². The van der Waals surface area contributed by atoms with Gasteiger partial charge in [0.1, 0.15) is 29.8 Å². The third kappa shape index (κ3) is 7.76. The number of anilines is 2. The SMILES string of the molecule is Cc1nc(CC(O)c2cc(N3CCSCC3)cc(N(CC(F)(F)F)C(=O)OC(C)(C)C)n2)oc1C. The Morgan fingerprint density at radius 2 is 1.89 bits per heavy atom. The maximum Gasteiger partial charge on any atom is 0.416 e. The molecule has 0 bridgehead atoms. The number of aromatic nitrogens is 2. The highest BCUT2D eigenvalue weighted by molar-refractivity contribution is 7.99. The highest BCUT2D eigenvalue weighted by atomic mass is 32.2. The number of carbonyl (C=O) groups excluding carboxylic acids is 1. The van der Waals surface area contributed by atoms with Gasteiger partial charge in [-0.1, -0.05) is 0 Å². The molecule has 2 aromatic heterocycles. The van der Waals surface area contributed by atoms with Gasteiger partial charge in [-0.3, -0.25) is 4.90 Å². The molecule has 0 spiro atoms. The van der Waals surface area contributed by atoms with Gasteiger partial charge in [-0.2, -0.15) is 24.9 Å². The molecule has 0 radical (unpaired) electrons. The number of thioether (sulfide) groups is 1. The van der Waals surface area contributed by atoms with Crippen LogP contribution in [0.25, 0.3) is 0 Å². The summed E-state index contributed by atoms with van der Waals surface area (Å²) in [6, 6.07) is 3.06. The molecule has 8 nitrogen and oxygen atoms in total. The quantitative estimate of drug-likeness (QED) is 0.584. The molecule has 0 aromatic carbocycles. The van der Waals surface area contributed by atoms with Gasteiger partial charge in [0.2, 0.25) is 0 Å². The molecular weight excluding hydrogens is 485 g/mol. The lowest BCUT2D eigenvalue weighted by Crippen LogP contribution is -2.43. The van der Waals surface area contributed by atoms with Crippen LogP contribution in [-0.4, -0.2) is 64.1 Å². The molecule has 1 aliphatic heterocycles. The van der Waals surface area contributed by atoms with Crippen molar-refractivity contribution in [2.45, 2.75) is 58.9 Å². The number of hydrogen-bond acceptors (Lipinski definition) is 8. The lowest BCUT2D eigenvalue weighted by molar-refractivity contribution is -0.119. The van der Waals surface area contributed by atoms with Crippen molar-refractivity contribution in [1.82, 2.24) is 9.97 Å². The maximum atomic E-state index is 13.5. The number of aryl methyl sites for hydroxylation is 2. The zero-order valence-corrected chi connectivity index (χ0v) is 21.3. The third-order valence-corrected chi connectivity index (χ3v) is 6.15. The summed E-state index contributed by atoms with van der Waals surface area (Å²) >= 11 is 1.78. The van der Waals surface area contributed by atoms with E-state index in [-0.39, 0.29) is 23.8 Å². The number of halogens is 3. The number of aliphatic hydroxyl groups is 1. The highest BCUT2D eigenvalue weighted by Crippen LogP contribution is 2.31. The normalized spacial score (nSPS) is 15.7. The summed E-state index contributed by atoms with van der Waals surface area (Å²) in [5.41, 5.74) is 0.354. The third-order valence-electron chi connectivity index (χ3n) is 5.20. The molecule has 1 amide bonds. The molecule has 0 saturated carbocycles. The Morgan fingerprint density at radius 1 is 1.23 bits per heavy atom. The molecule has 1 saturated heterocycles. The van der Waals surface area contributed by atoms with Gasteiger partial charge < -0.3 is 19.2 Å². The van der Waals surface area contributed by atoms with Crippen LogP contribution in [0, 0.1) is 13.8 Å². The van der Waals surface area contributed by atoms with E-state index >= 15 is 0 Å². The lowest BCUT2D eigenvalue weighted by atomic mass is 10.1. The molecule has 3 rings (SSSR count). The monoisotopic (exact) mass is 516 g/mol. The number of pyridine rings is 1. The largest absolute Gasteiger partial charge is 0.446 e.